The van der Waals surface area contributed by atoms with Gasteiger partial charge in [0, 0.05) is 27.2 Å². The highest BCUT2D eigenvalue weighted by molar-refractivity contribution is 6.19. The van der Waals surface area contributed by atoms with Gasteiger partial charge in [-0.25, -0.2) is 4.98 Å². The van der Waals surface area contributed by atoms with Gasteiger partial charge in [-0.05, 0) is 48.5 Å². The van der Waals surface area contributed by atoms with Crippen molar-refractivity contribution in [3.05, 3.63) is 116 Å². The normalized spacial score (nSPS) is 12.0. The number of nitrogens with zero attached hydrogens (tertiary/aromatic N) is 3. The van der Waals surface area contributed by atoms with Crippen molar-refractivity contribution < 1.29 is 4.42 Å². The van der Waals surface area contributed by atoms with E-state index in [2.05, 4.69) is 111 Å². The summed E-state index contributed by atoms with van der Waals surface area (Å²) in [4.78, 5) is 4.55. The molecular weight excluding hydrogens is 430 g/mol. The number of para-hydroxylation sites is 4. The Morgan fingerprint density at radius 2 is 1.14 bits per heavy atom. The third-order valence-electron chi connectivity index (χ3n) is 7.06. The van der Waals surface area contributed by atoms with Gasteiger partial charge in [0.15, 0.2) is 12.0 Å². The standard InChI is InChI=1S/C31H19N3O/c1-2-9-20(10-3-1)33-25-13-6-4-11-21(25)23-18-29-24(17-28(23)33)22-12-5-7-14-26(22)34(29)27-15-8-16-30-31(27)32-19-35-30/h1-19H. The van der Waals surface area contributed by atoms with Gasteiger partial charge in [0.1, 0.15) is 5.52 Å². The van der Waals surface area contributed by atoms with Crippen LogP contribution in [0.3, 0.4) is 0 Å². The van der Waals surface area contributed by atoms with Crippen molar-refractivity contribution >= 4 is 54.7 Å². The number of benzene rings is 5. The van der Waals surface area contributed by atoms with Gasteiger partial charge in [-0.2, -0.15) is 0 Å². The first-order chi connectivity index (χ1) is 17.4. The van der Waals surface area contributed by atoms with E-state index in [4.69, 9.17) is 4.42 Å². The Hall–Kier alpha value is -4.83. The van der Waals surface area contributed by atoms with Crippen LogP contribution in [0.2, 0.25) is 0 Å². The van der Waals surface area contributed by atoms with Gasteiger partial charge in [-0.15, -0.1) is 0 Å². The zero-order valence-electron chi connectivity index (χ0n) is 18.7. The zero-order valence-corrected chi connectivity index (χ0v) is 18.7. The molecule has 0 aliphatic carbocycles. The lowest BCUT2D eigenvalue weighted by atomic mass is 10.1. The van der Waals surface area contributed by atoms with Crippen molar-refractivity contribution in [3.8, 4) is 11.4 Å². The summed E-state index contributed by atoms with van der Waals surface area (Å²) >= 11 is 0. The molecule has 3 aromatic heterocycles. The zero-order chi connectivity index (χ0) is 22.9. The van der Waals surface area contributed by atoms with E-state index in [1.165, 1.54) is 39.0 Å². The van der Waals surface area contributed by atoms with Gasteiger partial charge < -0.3 is 13.6 Å². The molecule has 0 unspecified atom stereocenters. The molecule has 35 heavy (non-hydrogen) atoms. The quantitative estimate of drug-likeness (QED) is 0.268. The minimum Gasteiger partial charge on any atom is -0.443 e. The van der Waals surface area contributed by atoms with Gasteiger partial charge in [0.2, 0.25) is 0 Å². The van der Waals surface area contributed by atoms with Gasteiger partial charge in [0.05, 0.1) is 27.8 Å². The molecule has 0 fully saturated rings. The smallest absolute Gasteiger partial charge is 0.182 e. The Bertz CT molecular complexity index is 2060. The van der Waals surface area contributed by atoms with Crippen LogP contribution < -0.4 is 0 Å². The Morgan fingerprint density at radius 1 is 0.514 bits per heavy atom. The number of hydrogen-bond acceptors (Lipinski definition) is 2. The molecule has 0 amide bonds. The van der Waals surface area contributed by atoms with E-state index in [1.54, 1.807) is 0 Å². The van der Waals surface area contributed by atoms with Gasteiger partial charge in [0.25, 0.3) is 0 Å². The topological polar surface area (TPSA) is 35.9 Å². The first-order valence-electron chi connectivity index (χ1n) is 11.7. The molecule has 0 saturated heterocycles. The van der Waals surface area contributed by atoms with Crippen molar-refractivity contribution in [1.29, 1.82) is 0 Å². The molecule has 4 heteroatoms. The van der Waals surface area contributed by atoms with Crippen LogP contribution in [0.4, 0.5) is 0 Å². The van der Waals surface area contributed by atoms with E-state index in [0.29, 0.717) is 0 Å². The minimum atomic E-state index is 0.787. The lowest BCUT2D eigenvalue weighted by Crippen LogP contribution is -1.95. The summed E-state index contributed by atoms with van der Waals surface area (Å²) in [5, 5.41) is 4.90. The van der Waals surface area contributed by atoms with E-state index in [0.717, 1.165) is 33.5 Å². The molecule has 164 valence electrons. The van der Waals surface area contributed by atoms with Crippen LogP contribution in [0.25, 0.3) is 66.1 Å². The number of fused-ring (bicyclic) bond motifs is 7. The lowest BCUT2D eigenvalue weighted by molar-refractivity contribution is 0.602. The largest absolute Gasteiger partial charge is 0.443 e. The third kappa shape index (κ3) is 2.48. The molecule has 0 atom stereocenters. The fourth-order valence-electron chi connectivity index (χ4n) is 5.60. The highest BCUT2D eigenvalue weighted by atomic mass is 16.3. The van der Waals surface area contributed by atoms with E-state index >= 15 is 0 Å². The van der Waals surface area contributed by atoms with Crippen LogP contribution in [-0.2, 0) is 0 Å². The van der Waals surface area contributed by atoms with Gasteiger partial charge in [-0.1, -0.05) is 60.7 Å². The summed E-state index contributed by atoms with van der Waals surface area (Å²) in [5.74, 6) is 0. The van der Waals surface area contributed by atoms with Crippen molar-refractivity contribution in [2.24, 2.45) is 0 Å². The van der Waals surface area contributed by atoms with Crippen LogP contribution in [0, 0.1) is 0 Å². The van der Waals surface area contributed by atoms with Crippen molar-refractivity contribution in [2.75, 3.05) is 0 Å². The second kappa shape index (κ2) is 6.84. The maximum Gasteiger partial charge on any atom is 0.182 e. The first-order valence-corrected chi connectivity index (χ1v) is 11.7. The molecule has 8 aromatic rings. The van der Waals surface area contributed by atoms with Crippen LogP contribution in [-0.4, -0.2) is 14.1 Å². The Kier molecular flexibility index (Phi) is 3.63. The van der Waals surface area contributed by atoms with Crippen LogP contribution in [0.15, 0.2) is 120 Å². The van der Waals surface area contributed by atoms with Crippen LogP contribution in [0.5, 0.6) is 0 Å². The Balaban J connectivity index is 1.59. The number of aromatic nitrogens is 3. The minimum absolute atomic E-state index is 0.787. The molecule has 0 spiro atoms. The summed E-state index contributed by atoms with van der Waals surface area (Å²) in [5.41, 5.74) is 8.55. The first kappa shape index (κ1) is 18.6. The second-order valence-electron chi connectivity index (χ2n) is 8.90. The fourth-order valence-corrected chi connectivity index (χ4v) is 5.60. The van der Waals surface area contributed by atoms with Crippen LogP contribution in [0.1, 0.15) is 0 Å². The molecule has 4 nitrogen and oxygen atoms in total. The number of rotatable bonds is 2. The molecule has 0 aliphatic heterocycles. The predicted octanol–water partition coefficient (Wildman–Crippen LogP) is 8.02. The van der Waals surface area contributed by atoms with Crippen molar-refractivity contribution in [3.63, 3.8) is 0 Å². The van der Waals surface area contributed by atoms with E-state index < -0.39 is 0 Å². The summed E-state index contributed by atoms with van der Waals surface area (Å²) in [7, 11) is 0. The molecule has 0 aliphatic rings. The van der Waals surface area contributed by atoms with E-state index in [9.17, 15) is 0 Å². The van der Waals surface area contributed by atoms with Gasteiger partial charge in [-0.3, -0.25) is 0 Å². The predicted molar refractivity (Wildman–Crippen MR) is 143 cm³/mol. The number of oxazole rings is 1. The lowest BCUT2D eigenvalue weighted by Gasteiger charge is -2.09. The molecule has 5 aromatic carbocycles. The summed E-state index contributed by atoms with van der Waals surface area (Å²) in [6.07, 6.45) is 1.52. The average Bonchev–Trinajstić information content (AvgIpc) is 3.60. The second-order valence-corrected chi connectivity index (χ2v) is 8.90. The molecule has 8 rings (SSSR count). The SMILES string of the molecule is c1ccc(-n2c3ccccc3c3cc4c(cc32)c2ccccc2n4-c2cccc3ocnc23)cc1. The average molecular weight is 450 g/mol. The summed E-state index contributed by atoms with van der Waals surface area (Å²) in [6.45, 7) is 0. The van der Waals surface area contributed by atoms with Crippen molar-refractivity contribution in [2.45, 2.75) is 0 Å². The molecule has 3 heterocycles. The monoisotopic (exact) mass is 449 g/mol. The summed E-state index contributed by atoms with van der Waals surface area (Å²) in [6, 6.07) is 38.6. The molecular formula is C31H19N3O. The van der Waals surface area contributed by atoms with Gasteiger partial charge >= 0.3 is 0 Å². The van der Waals surface area contributed by atoms with E-state index in [-0.39, 0.29) is 0 Å². The van der Waals surface area contributed by atoms with Crippen molar-refractivity contribution in [1.82, 2.24) is 14.1 Å². The maximum atomic E-state index is 5.63. The van der Waals surface area contributed by atoms with Crippen LogP contribution >= 0.6 is 0 Å². The summed E-state index contributed by atoms with van der Waals surface area (Å²) < 4.78 is 10.3. The molecule has 0 radical (unpaired) electrons. The molecule has 0 bridgehead atoms. The molecule has 0 N–H and O–H groups in total. The highest BCUT2D eigenvalue weighted by Gasteiger charge is 2.19. The maximum absolute atomic E-state index is 5.63. The molecule has 0 saturated carbocycles. The number of hydrogen-bond donors (Lipinski definition) is 0. The van der Waals surface area contributed by atoms with E-state index in [1.807, 2.05) is 12.1 Å². The Labute approximate surface area is 200 Å². The highest BCUT2D eigenvalue weighted by Crippen LogP contribution is 2.40. The Morgan fingerprint density at radius 3 is 1.89 bits per heavy atom. The fraction of sp³-hybridized carbons (Fsp3) is 0. The third-order valence-corrected chi connectivity index (χ3v) is 7.06.